The summed E-state index contributed by atoms with van der Waals surface area (Å²) in [6.07, 6.45) is 0.687. The summed E-state index contributed by atoms with van der Waals surface area (Å²) in [5.41, 5.74) is 4.72. The largest absolute Gasteiger partial charge is 0.333 e. The van der Waals surface area contributed by atoms with Crippen molar-refractivity contribution in [2.24, 2.45) is 0 Å². The van der Waals surface area contributed by atoms with Crippen molar-refractivity contribution in [1.82, 2.24) is 19.6 Å². The maximum absolute atomic E-state index is 14.3. The first-order chi connectivity index (χ1) is 17.5. The van der Waals surface area contributed by atoms with Crippen LogP contribution in [0.2, 0.25) is 0 Å². The number of rotatable bonds is 7. The van der Waals surface area contributed by atoms with Gasteiger partial charge in [-0.15, -0.1) is 0 Å². The normalized spacial score (nSPS) is 13.4. The fourth-order valence-corrected chi connectivity index (χ4v) is 4.76. The third-order valence-electron chi connectivity index (χ3n) is 6.65. The van der Waals surface area contributed by atoms with Gasteiger partial charge in [0.25, 0.3) is 5.91 Å². The Morgan fingerprint density at radius 2 is 1.78 bits per heavy atom. The summed E-state index contributed by atoms with van der Waals surface area (Å²) in [7, 11) is 0. The molecule has 0 saturated heterocycles. The van der Waals surface area contributed by atoms with Crippen LogP contribution in [0.4, 0.5) is 8.78 Å². The molecule has 0 bridgehead atoms. The van der Waals surface area contributed by atoms with Crippen LogP contribution in [-0.4, -0.2) is 38.6 Å². The van der Waals surface area contributed by atoms with Crippen LogP contribution in [0, 0.1) is 11.6 Å². The summed E-state index contributed by atoms with van der Waals surface area (Å²) in [4.78, 5) is 17.2. The molecule has 7 heteroatoms. The first kappa shape index (κ1) is 23.9. The lowest BCUT2D eigenvalue weighted by Gasteiger charge is -2.28. The molecule has 5 rings (SSSR count). The minimum Gasteiger partial charge on any atom is -0.333 e. The molecule has 1 aliphatic heterocycles. The Morgan fingerprint density at radius 3 is 2.53 bits per heavy atom. The van der Waals surface area contributed by atoms with Crippen molar-refractivity contribution < 1.29 is 13.6 Å². The van der Waals surface area contributed by atoms with E-state index in [-0.39, 0.29) is 17.5 Å². The number of halogens is 2. The van der Waals surface area contributed by atoms with Crippen LogP contribution in [0.25, 0.3) is 5.69 Å². The minimum absolute atomic E-state index is 0.0637. The van der Waals surface area contributed by atoms with Crippen molar-refractivity contribution >= 4 is 5.91 Å². The number of amides is 1. The molecule has 0 atom stereocenters. The van der Waals surface area contributed by atoms with E-state index in [2.05, 4.69) is 4.90 Å². The Balaban J connectivity index is 1.49. The van der Waals surface area contributed by atoms with E-state index in [1.807, 2.05) is 49.4 Å². The molecular formula is C29H28F2N4O. The van der Waals surface area contributed by atoms with E-state index in [9.17, 15) is 13.6 Å². The van der Waals surface area contributed by atoms with Gasteiger partial charge in [0.2, 0.25) is 0 Å². The summed E-state index contributed by atoms with van der Waals surface area (Å²) in [6, 6.07) is 22.4. The highest BCUT2D eigenvalue weighted by atomic mass is 19.1. The highest BCUT2D eigenvalue weighted by Crippen LogP contribution is 2.28. The second-order valence-corrected chi connectivity index (χ2v) is 9.00. The van der Waals surface area contributed by atoms with Gasteiger partial charge in [0, 0.05) is 49.3 Å². The van der Waals surface area contributed by atoms with Gasteiger partial charge in [-0.25, -0.2) is 13.5 Å². The smallest absolute Gasteiger partial charge is 0.254 e. The molecule has 0 radical (unpaired) electrons. The van der Waals surface area contributed by atoms with Crippen molar-refractivity contribution in [3.05, 3.63) is 119 Å². The van der Waals surface area contributed by atoms with E-state index in [0.717, 1.165) is 23.5 Å². The molecule has 4 aromatic rings. The molecule has 0 unspecified atom stereocenters. The highest BCUT2D eigenvalue weighted by Gasteiger charge is 2.28. The molecular weight excluding hydrogens is 458 g/mol. The Kier molecular flexibility index (Phi) is 6.91. The first-order valence-electron chi connectivity index (χ1n) is 12.2. The van der Waals surface area contributed by atoms with Crippen LogP contribution in [0.15, 0.2) is 78.9 Å². The van der Waals surface area contributed by atoms with Crippen LogP contribution < -0.4 is 0 Å². The van der Waals surface area contributed by atoms with Crippen molar-refractivity contribution in [3.63, 3.8) is 0 Å². The average Bonchev–Trinajstić information content (AvgIpc) is 3.26. The van der Waals surface area contributed by atoms with E-state index < -0.39 is 0 Å². The Bertz CT molecular complexity index is 1370. The number of hydrogen-bond acceptors (Lipinski definition) is 3. The fourth-order valence-electron chi connectivity index (χ4n) is 4.76. The van der Waals surface area contributed by atoms with E-state index in [1.165, 1.54) is 18.2 Å². The Labute approximate surface area is 209 Å². The second kappa shape index (κ2) is 10.4. The zero-order valence-corrected chi connectivity index (χ0v) is 20.2. The number of hydrogen-bond donors (Lipinski definition) is 0. The van der Waals surface area contributed by atoms with Gasteiger partial charge in [0.1, 0.15) is 11.6 Å². The SMILES string of the molecule is CCN(Cc1nn(-c2cccc(F)c2)c2c1CN(Cc1ccccc1F)CC2)C(=O)c1ccccc1. The summed E-state index contributed by atoms with van der Waals surface area (Å²) in [5.74, 6) is -0.611. The molecule has 2 heterocycles. The maximum Gasteiger partial charge on any atom is 0.254 e. The molecule has 0 spiro atoms. The lowest BCUT2D eigenvalue weighted by molar-refractivity contribution is 0.0749. The van der Waals surface area contributed by atoms with Gasteiger partial charge >= 0.3 is 0 Å². The van der Waals surface area contributed by atoms with Gasteiger partial charge in [-0.2, -0.15) is 5.10 Å². The van der Waals surface area contributed by atoms with Crippen LogP contribution >= 0.6 is 0 Å². The molecule has 0 fully saturated rings. The van der Waals surface area contributed by atoms with Gasteiger partial charge in [-0.1, -0.05) is 42.5 Å². The number of carbonyl (C=O) groups excluding carboxylic acids is 1. The molecule has 0 aliphatic carbocycles. The number of carbonyl (C=O) groups is 1. The Morgan fingerprint density at radius 1 is 1.00 bits per heavy atom. The quantitative estimate of drug-likeness (QED) is 0.353. The number of nitrogens with zero attached hydrogens (tertiary/aromatic N) is 4. The topological polar surface area (TPSA) is 41.4 Å². The molecule has 0 N–H and O–H groups in total. The summed E-state index contributed by atoms with van der Waals surface area (Å²) in [6.45, 7) is 4.59. The highest BCUT2D eigenvalue weighted by molar-refractivity contribution is 5.94. The molecule has 1 aromatic heterocycles. The molecule has 1 amide bonds. The van der Waals surface area contributed by atoms with Crippen molar-refractivity contribution in [1.29, 1.82) is 0 Å². The van der Waals surface area contributed by atoms with E-state index in [4.69, 9.17) is 5.10 Å². The van der Waals surface area contributed by atoms with Gasteiger partial charge in [0.15, 0.2) is 0 Å². The lowest BCUT2D eigenvalue weighted by Crippen LogP contribution is -2.33. The van der Waals surface area contributed by atoms with Gasteiger partial charge in [0.05, 0.1) is 23.6 Å². The molecule has 3 aromatic carbocycles. The van der Waals surface area contributed by atoms with Crippen LogP contribution in [0.1, 0.15) is 39.8 Å². The summed E-state index contributed by atoms with van der Waals surface area (Å²) in [5, 5.41) is 4.88. The molecule has 5 nitrogen and oxygen atoms in total. The van der Waals surface area contributed by atoms with Gasteiger partial charge in [-0.3, -0.25) is 9.69 Å². The third kappa shape index (κ3) is 4.93. The Hall–Kier alpha value is -3.84. The predicted molar refractivity (Wildman–Crippen MR) is 135 cm³/mol. The summed E-state index contributed by atoms with van der Waals surface area (Å²) >= 11 is 0. The van der Waals surface area contributed by atoms with Crippen molar-refractivity contribution in [2.75, 3.05) is 13.1 Å². The average molecular weight is 487 g/mol. The van der Waals surface area contributed by atoms with Gasteiger partial charge in [-0.05, 0) is 43.3 Å². The summed E-state index contributed by atoms with van der Waals surface area (Å²) < 4.78 is 30.2. The third-order valence-corrected chi connectivity index (χ3v) is 6.65. The maximum atomic E-state index is 14.3. The van der Waals surface area contributed by atoms with Crippen molar-refractivity contribution in [3.8, 4) is 5.69 Å². The fraction of sp³-hybridized carbons (Fsp3) is 0.241. The zero-order chi connectivity index (χ0) is 25.1. The van der Waals surface area contributed by atoms with Crippen LogP contribution in [-0.2, 0) is 26.1 Å². The van der Waals surface area contributed by atoms with Crippen molar-refractivity contribution in [2.45, 2.75) is 33.0 Å². The molecule has 0 saturated carbocycles. The van der Waals surface area contributed by atoms with Gasteiger partial charge < -0.3 is 4.90 Å². The predicted octanol–water partition coefficient (Wildman–Crippen LogP) is 5.37. The monoisotopic (exact) mass is 486 g/mol. The lowest BCUT2D eigenvalue weighted by atomic mass is 10.0. The van der Waals surface area contributed by atoms with E-state index in [0.29, 0.717) is 49.4 Å². The zero-order valence-electron chi connectivity index (χ0n) is 20.2. The standard InChI is InChI=1S/C29H28F2N4O/c1-2-34(29(36)21-9-4-3-5-10-21)20-27-25-19-33(18-22-11-6-7-14-26(22)31)16-15-28(25)35(32-27)24-13-8-12-23(30)17-24/h3-14,17H,2,15-16,18-20H2,1H3. The van der Waals surface area contributed by atoms with Crippen LogP contribution in [0.5, 0.6) is 0 Å². The molecule has 184 valence electrons. The number of fused-ring (bicyclic) bond motifs is 1. The molecule has 1 aliphatic rings. The number of benzene rings is 3. The van der Waals surface area contributed by atoms with E-state index >= 15 is 0 Å². The minimum atomic E-state index is -0.329. The second-order valence-electron chi connectivity index (χ2n) is 9.00. The van der Waals surface area contributed by atoms with E-state index in [1.54, 1.807) is 27.8 Å². The number of aromatic nitrogens is 2. The van der Waals surface area contributed by atoms with Crippen LogP contribution in [0.3, 0.4) is 0 Å². The molecule has 36 heavy (non-hydrogen) atoms. The first-order valence-corrected chi connectivity index (χ1v) is 12.2.